The molecule has 2 rings (SSSR count). The predicted octanol–water partition coefficient (Wildman–Crippen LogP) is 2.42. The van der Waals surface area contributed by atoms with Crippen LogP contribution in [0.25, 0.3) is 0 Å². The van der Waals surface area contributed by atoms with E-state index in [1.807, 2.05) is 4.90 Å². The Kier molecular flexibility index (Phi) is 3.99. The number of amides is 1. The van der Waals surface area contributed by atoms with Crippen LogP contribution in [-0.4, -0.2) is 42.0 Å². The molecule has 2 aliphatic rings. The van der Waals surface area contributed by atoms with Gasteiger partial charge < -0.3 is 9.64 Å². The monoisotopic (exact) mass is 259 g/mol. The average Bonchev–Trinajstić information content (AvgIpc) is 2.27. The fraction of sp³-hybridized carbons (Fsp3) is 0.923. The van der Waals surface area contributed by atoms with E-state index in [4.69, 9.17) is 16.3 Å². The molecule has 1 saturated carbocycles. The van der Waals surface area contributed by atoms with Gasteiger partial charge in [-0.25, -0.2) is 0 Å². The zero-order valence-corrected chi connectivity index (χ0v) is 11.5. The van der Waals surface area contributed by atoms with Gasteiger partial charge in [0.25, 0.3) is 0 Å². The molecule has 0 aromatic heterocycles. The molecule has 4 heteroatoms. The minimum absolute atomic E-state index is 0.104. The van der Waals surface area contributed by atoms with Crippen molar-refractivity contribution >= 4 is 17.5 Å². The number of piperidine rings is 1. The van der Waals surface area contributed by atoms with Crippen LogP contribution in [0.5, 0.6) is 0 Å². The van der Waals surface area contributed by atoms with Gasteiger partial charge in [0.2, 0.25) is 5.91 Å². The summed E-state index contributed by atoms with van der Waals surface area (Å²) < 4.78 is 5.50. The van der Waals surface area contributed by atoms with Crippen molar-refractivity contribution in [1.82, 2.24) is 4.90 Å². The zero-order valence-electron chi connectivity index (χ0n) is 10.7. The zero-order chi connectivity index (χ0) is 12.5. The van der Waals surface area contributed by atoms with Gasteiger partial charge in [-0.15, -0.1) is 11.6 Å². The van der Waals surface area contributed by atoms with Crippen molar-refractivity contribution in [3.63, 3.8) is 0 Å². The van der Waals surface area contributed by atoms with Crippen molar-refractivity contribution in [2.45, 2.75) is 50.0 Å². The summed E-state index contributed by atoms with van der Waals surface area (Å²) in [6.07, 6.45) is 4.76. The molecule has 0 bridgehead atoms. The smallest absolute Gasteiger partial charge is 0.225 e. The number of alkyl halides is 1. The Hall–Kier alpha value is -0.280. The summed E-state index contributed by atoms with van der Waals surface area (Å²) in [6, 6.07) is 0. The lowest BCUT2D eigenvalue weighted by atomic mass is 9.77. The number of nitrogens with zero attached hydrogens (tertiary/aromatic N) is 1. The SMILES string of the molecule is COC1(CC(=O)N2CCC(C)C(Cl)C2)CCC1. The Bertz CT molecular complexity index is 286. The van der Waals surface area contributed by atoms with E-state index in [2.05, 4.69) is 6.92 Å². The highest BCUT2D eigenvalue weighted by Crippen LogP contribution is 2.38. The van der Waals surface area contributed by atoms with Crippen molar-refractivity contribution in [1.29, 1.82) is 0 Å². The molecule has 98 valence electrons. The van der Waals surface area contributed by atoms with E-state index in [1.165, 1.54) is 6.42 Å². The van der Waals surface area contributed by atoms with Crippen molar-refractivity contribution in [3.05, 3.63) is 0 Å². The van der Waals surface area contributed by atoms with Crippen LogP contribution in [0.2, 0.25) is 0 Å². The van der Waals surface area contributed by atoms with E-state index in [0.29, 0.717) is 18.9 Å². The van der Waals surface area contributed by atoms with Gasteiger partial charge in [-0.3, -0.25) is 4.79 Å². The third-order valence-corrected chi connectivity index (χ3v) is 4.96. The van der Waals surface area contributed by atoms with Gasteiger partial charge in [0.15, 0.2) is 0 Å². The van der Waals surface area contributed by atoms with Crippen LogP contribution in [0, 0.1) is 5.92 Å². The molecule has 2 fully saturated rings. The van der Waals surface area contributed by atoms with Crippen LogP contribution in [0.1, 0.15) is 39.0 Å². The number of methoxy groups -OCH3 is 1. The minimum atomic E-state index is -0.165. The quantitative estimate of drug-likeness (QED) is 0.729. The molecule has 0 radical (unpaired) electrons. The van der Waals surface area contributed by atoms with Crippen LogP contribution >= 0.6 is 11.6 Å². The lowest BCUT2D eigenvalue weighted by molar-refractivity contribution is -0.145. The van der Waals surface area contributed by atoms with Crippen molar-refractivity contribution < 1.29 is 9.53 Å². The fourth-order valence-corrected chi connectivity index (χ4v) is 2.95. The van der Waals surface area contributed by atoms with Crippen LogP contribution in [0.4, 0.5) is 0 Å². The first kappa shape index (κ1) is 13.2. The van der Waals surface area contributed by atoms with Crippen LogP contribution in [-0.2, 0) is 9.53 Å². The van der Waals surface area contributed by atoms with Gasteiger partial charge in [0.05, 0.1) is 17.4 Å². The van der Waals surface area contributed by atoms with E-state index >= 15 is 0 Å². The molecule has 1 heterocycles. The summed E-state index contributed by atoms with van der Waals surface area (Å²) in [5.74, 6) is 0.727. The van der Waals surface area contributed by atoms with Crippen molar-refractivity contribution in [2.24, 2.45) is 5.92 Å². The molecule has 0 aromatic rings. The molecule has 17 heavy (non-hydrogen) atoms. The third-order valence-electron chi connectivity index (χ3n) is 4.39. The molecule has 3 nitrogen and oxygen atoms in total. The number of likely N-dealkylation sites (tertiary alicyclic amines) is 1. The highest BCUT2D eigenvalue weighted by molar-refractivity contribution is 6.21. The van der Waals surface area contributed by atoms with Crippen LogP contribution in [0.3, 0.4) is 0 Å². The number of carbonyl (C=O) groups excluding carboxylic acids is 1. The molecular weight excluding hydrogens is 238 g/mol. The molecule has 0 aromatic carbocycles. The number of ether oxygens (including phenoxy) is 1. The Morgan fingerprint density at radius 3 is 2.71 bits per heavy atom. The fourth-order valence-electron chi connectivity index (χ4n) is 2.66. The van der Waals surface area contributed by atoms with E-state index in [9.17, 15) is 4.79 Å². The number of hydrogen-bond donors (Lipinski definition) is 0. The first-order chi connectivity index (χ1) is 8.06. The summed E-state index contributed by atoms with van der Waals surface area (Å²) in [4.78, 5) is 14.1. The lowest BCUT2D eigenvalue weighted by Gasteiger charge is -2.42. The summed E-state index contributed by atoms with van der Waals surface area (Å²) >= 11 is 6.23. The van der Waals surface area contributed by atoms with E-state index in [-0.39, 0.29) is 16.9 Å². The molecular formula is C13H22ClNO2. The maximum absolute atomic E-state index is 12.2. The van der Waals surface area contributed by atoms with Crippen molar-refractivity contribution in [3.8, 4) is 0 Å². The van der Waals surface area contributed by atoms with Gasteiger partial charge in [0.1, 0.15) is 0 Å². The molecule has 0 N–H and O–H groups in total. The first-order valence-corrected chi connectivity index (χ1v) is 6.97. The van der Waals surface area contributed by atoms with E-state index in [1.54, 1.807) is 7.11 Å². The number of carbonyl (C=O) groups is 1. The Labute approximate surface area is 108 Å². The molecule has 1 aliphatic heterocycles. The average molecular weight is 260 g/mol. The summed E-state index contributed by atoms with van der Waals surface area (Å²) in [5, 5.41) is 0.104. The maximum atomic E-state index is 12.2. The second-order valence-corrected chi connectivity index (χ2v) is 6.10. The normalized spacial score (nSPS) is 32.1. The van der Waals surface area contributed by atoms with E-state index in [0.717, 1.165) is 25.8 Å². The molecule has 2 atom stereocenters. The molecule has 1 amide bonds. The number of rotatable bonds is 3. The van der Waals surface area contributed by atoms with Gasteiger partial charge >= 0.3 is 0 Å². The summed E-state index contributed by atoms with van der Waals surface area (Å²) in [7, 11) is 1.72. The van der Waals surface area contributed by atoms with E-state index < -0.39 is 0 Å². The minimum Gasteiger partial charge on any atom is -0.378 e. The Morgan fingerprint density at radius 1 is 1.53 bits per heavy atom. The van der Waals surface area contributed by atoms with Gasteiger partial charge in [-0.2, -0.15) is 0 Å². The van der Waals surface area contributed by atoms with Gasteiger partial charge in [-0.05, 0) is 31.6 Å². The van der Waals surface area contributed by atoms with Gasteiger partial charge in [-0.1, -0.05) is 6.92 Å². The highest BCUT2D eigenvalue weighted by atomic mass is 35.5. The Morgan fingerprint density at radius 2 is 2.24 bits per heavy atom. The van der Waals surface area contributed by atoms with Gasteiger partial charge in [0, 0.05) is 20.2 Å². The second kappa shape index (κ2) is 5.15. The lowest BCUT2D eigenvalue weighted by Crippen LogP contribution is -2.49. The molecule has 2 unspecified atom stereocenters. The highest BCUT2D eigenvalue weighted by Gasteiger charge is 2.40. The Balaban J connectivity index is 1.88. The number of hydrogen-bond acceptors (Lipinski definition) is 2. The topological polar surface area (TPSA) is 29.5 Å². The third kappa shape index (κ3) is 2.76. The molecule has 0 spiro atoms. The van der Waals surface area contributed by atoms with Crippen LogP contribution in [0.15, 0.2) is 0 Å². The second-order valence-electron chi connectivity index (χ2n) is 5.54. The predicted molar refractivity (Wildman–Crippen MR) is 68.2 cm³/mol. The van der Waals surface area contributed by atoms with Crippen molar-refractivity contribution in [2.75, 3.05) is 20.2 Å². The summed E-state index contributed by atoms with van der Waals surface area (Å²) in [6.45, 7) is 3.70. The molecule has 1 saturated heterocycles. The first-order valence-electron chi connectivity index (χ1n) is 6.53. The standard InChI is InChI=1S/C13H22ClNO2/c1-10-4-7-15(9-11(10)14)12(16)8-13(17-2)5-3-6-13/h10-11H,3-9H2,1-2H3. The summed E-state index contributed by atoms with van der Waals surface area (Å²) in [5.41, 5.74) is -0.165. The number of halogens is 1. The largest absolute Gasteiger partial charge is 0.378 e. The van der Waals surface area contributed by atoms with Crippen LogP contribution < -0.4 is 0 Å². The maximum Gasteiger partial charge on any atom is 0.225 e. The molecule has 1 aliphatic carbocycles.